The van der Waals surface area contributed by atoms with Crippen LogP contribution in [0.4, 0.5) is 10.1 Å². The first-order valence-electron chi connectivity index (χ1n) is 10.8. The highest BCUT2D eigenvalue weighted by Gasteiger charge is 2.39. The fraction of sp³-hybridized carbons (Fsp3) is 0.375. The highest BCUT2D eigenvalue weighted by molar-refractivity contribution is 6.05. The van der Waals surface area contributed by atoms with Gasteiger partial charge in [-0.1, -0.05) is 6.07 Å². The van der Waals surface area contributed by atoms with Crippen LogP contribution in [-0.4, -0.2) is 61.6 Å². The summed E-state index contributed by atoms with van der Waals surface area (Å²) in [4.78, 5) is 39.1. The topological polar surface area (TPSA) is 97.0 Å². The van der Waals surface area contributed by atoms with Gasteiger partial charge in [-0.15, -0.1) is 0 Å². The van der Waals surface area contributed by atoms with E-state index in [0.717, 1.165) is 6.07 Å². The standard InChI is InChI=1S/C24H26FN3O5/c1-26-22(29)12-17-7-8-19-21(33-17)13-32-20-9-6-16(11-18(20)24(31)28(19)2)27-23(30)14-4-3-5-15(25)10-14/h3-6,9-11,17,19,21H,7-8,12-13H2,1-2H3,(H,26,29)(H,27,30)/t17-,19-,21-/m1/s1. The van der Waals surface area contributed by atoms with Gasteiger partial charge in [-0.3, -0.25) is 14.4 Å². The number of fused-ring (bicyclic) bond motifs is 2. The Hall–Kier alpha value is -3.46. The van der Waals surface area contributed by atoms with Crippen LogP contribution in [0.25, 0.3) is 0 Å². The molecule has 2 aromatic rings. The van der Waals surface area contributed by atoms with Crippen LogP contribution in [0.1, 0.15) is 40.0 Å². The fourth-order valence-corrected chi connectivity index (χ4v) is 4.25. The number of halogens is 1. The van der Waals surface area contributed by atoms with Gasteiger partial charge in [0.25, 0.3) is 11.8 Å². The highest BCUT2D eigenvalue weighted by atomic mass is 19.1. The predicted octanol–water partition coefficient (Wildman–Crippen LogP) is 2.59. The number of hydrogen-bond acceptors (Lipinski definition) is 5. The molecule has 2 aliphatic rings. The molecule has 8 nitrogen and oxygen atoms in total. The molecule has 2 N–H and O–H groups in total. The molecular formula is C24H26FN3O5. The molecule has 2 heterocycles. The van der Waals surface area contributed by atoms with Crippen LogP contribution < -0.4 is 15.4 Å². The Morgan fingerprint density at radius 3 is 2.76 bits per heavy atom. The van der Waals surface area contributed by atoms with Crippen LogP contribution in [0.2, 0.25) is 0 Å². The van der Waals surface area contributed by atoms with E-state index < -0.39 is 11.7 Å². The van der Waals surface area contributed by atoms with Crippen LogP contribution in [0, 0.1) is 5.82 Å². The molecule has 0 radical (unpaired) electrons. The average Bonchev–Trinajstić information content (AvgIpc) is 2.81. The lowest BCUT2D eigenvalue weighted by molar-refractivity contribution is -0.133. The molecule has 0 aromatic heterocycles. The zero-order chi connectivity index (χ0) is 23.5. The van der Waals surface area contributed by atoms with Crippen molar-refractivity contribution in [1.29, 1.82) is 0 Å². The number of hydrogen-bond donors (Lipinski definition) is 2. The first-order valence-corrected chi connectivity index (χ1v) is 10.8. The molecule has 0 spiro atoms. The molecule has 1 fully saturated rings. The minimum atomic E-state index is -0.507. The number of benzene rings is 2. The fourth-order valence-electron chi connectivity index (χ4n) is 4.25. The van der Waals surface area contributed by atoms with E-state index >= 15 is 0 Å². The Morgan fingerprint density at radius 2 is 2.00 bits per heavy atom. The number of nitrogens with one attached hydrogen (secondary N) is 2. The average molecular weight is 455 g/mol. The molecule has 9 heteroatoms. The summed E-state index contributed by atoms with van der Waals surface area (Å²) in [7, 11) is 3.31. The van der Waals surface area contributed by atoms with Gasteiger partial charge in [0.1, 0.15) is 24.3 Å². The number of rotatable bonds is 4. The smallest absolute Gasteiger partial charge is 0.257 e. The first kappa shape index (κ1) is 22.7. The summed E-state index contributed by atoms with van der Waals surface area (Å²) in [5.41, 5.74) is 0.895. The van der Waals surface area contributed by atoms with Crippen molar-refractivity contribution >= 4 is 23.4 Å². The van der Waals surface area contributed by atoms with Crippen LogP contribution in [0.15, 0.2) is 42.5 Å². The summed E-state index contributed by atoms with van der Waals surface area (Å²) >= 11 is 0. The maximum atomic E-state index is 13.4. The lowest BCUT2D eigenvalue weighted by Crippen LogP contribution is -2.53. The van der Waals surface area contributed by atoms with Crippen molar-refractivity contribution in [1.82, 2.24) is 10.2 Å². The van der Waals surface area contributed by atoms with Crippen LogP contribution in [-0.2, 0) is 9.53 Å². The largest absolute Gasteiger partial charge is 0.490 e. The molecule has 0 bridgehead atoms. The molecule has 174 valence electrons. The Kier molecular flexibility index (Phi) is 6.60. The third-order valence-corrected chi connectivity index (χ3v) is 6.05. The zero-order valence-corrected chi connectivity index (χ0v) is 18.5. The van der Waals surface area contributed by atoms with Gasteiger partial charge in [0, 0.05) is 25.3 Å². The number of amides is 3. The van der Waals surface area contributed by atoms with Crippen molar-refractivity contribution in [3.8, 4) is 5.75 Å². The van der Waals surface area contributed by atoms with Gasteiger partial charge < -0.3 is 25.0 Å². The van der Waals surface area contributed by atoms with E-state index in [1.807, 2.05) is 0 Å². The quantitative estimate of drug-likeness (QED) is 0.739. The Balaban J connectivity index is 1.52. The van der Waals surface area contributed by atoms with E-state index in [2.05, 4.69) is 10.6 Å². The van der Waals surface area contributed by atoms with E-state index in [-0.39, 0.29) is 48.7 Å². The second-order valence-electron chi connectivity index (χ2n) is 8.22. The van der Waals surface area contributed by atoms with Gasteiger partial charge in [0.05, 0.1) is 24.1 Å². The number of ether oxygens (including phenoxy) is 2. The third-order valence-electron chi connectivity index (χ3n) is 6.05. The number of nitrogens with zero attached hydrogens (tertiary/aromatic N) is 1. The molecule has 2 aliphatic heterocycles. The minimum absolute atomic E-state index is 0.0900. The monoisotopic (exact) mass is 455 g/mol. The van der Waals surface area contributed by atoms with Crippen molar-refractivity contribution in [3.63, 3.8) is 0 Å². The highest BCUT2D eigenvalue weighted by Crippen LogP contribution is 2.32. The van der Waals surface area contributed by atoms with Crippen molar-refractivity contribution in [2.75, 3.05) is 26.0 Å². The second-order valence-corrected chi connectivity index (χ2v) is 8.22. The van der Waals surface area contributed by atoms with Crippen LogP contribution in [0.5, 0.6) is 5.75 Å². The molecule has 0 aliphatic carbocycles. The molecule has 4 rings (SSSR count). The minimum Gasteiger partial charge on any atom is -0.490 e. The number of anilines is 1. The molecule has 3 atom stereocenters. The van der Waals surface area contributed by atoms with Gasteiger partial charge in [0.15, 0.2) is 0 Å². The summed E-state index contributed by atoms with van der Waals surface area (Å²) < 4.78 is 25.5. The summed E-state index contributed by atoms with van der Waals surface area (Å²) in [6, 6.07) is 9.98. The molecule has 2 aromatic carbocycles. The molecule has 0 unspecified atom stereocenters. The van der Waals surface area contributed by atoms with Gasteiger partial charge >= 0.3 is 0 Å². The van der Waals surface area contributed by atoms with Crippen molar-refractivity contribution < 1.29 is 28.2 Å². The van der Waals surface area contributed by atoms with Crippen molar-refractivity contribution in [3.05, 3.63) is 59.4 Å². The van der Waals surface area contributed by atoms with E-state index in [9.17, 15) is 18.8 Å². The summed E-state index contributed by atoms with van der Waals surface area (Å²) in [5, 5.41) is 5.30. The van der Waals surface area contributed by atoms with E-state index in [1.165, 1.54) is 18.2 Å². The van der Waals surface area contributed by atoms with Crippen LogP contribution >= 0.6 is 0 Å². The molecular weight excluding hydrogens is 429 g/mol. The Bertz CT molecular complexity index is 1080. The van der Waals surface area contributed by atoms with Crippen molar-refractivity contribution in [2.24, 2.45) is 0 Å². The number of carbonyl (C=O) groups is 3. The maximum Gasteiger partial charge on any atom is 0.257 e. The van der Waals surface area contributed by atoms with Gasteiger partial charge in [-0.25, -0.2) is 4.39 Å². The van der Waals surface area contributed by atoms with Crippen LogP contribution in [0.3, 0.4) is 0 Å². The van der Waals surface area contributed by atoms with Gasteiger partial charge in [-0.2, -0.15) is 0 Å². The molecule has 3 amide bonds. The zero-order valence-electron chi connectivity index (χ0n) is 18.5. The number of carbonyl (C=O) groups excluding carboxylic acids is 3. The first-order chi connectivity index (χ1) is 15.9. The van der Waals surface area contributed by atoms with Crippen molar-refractivity contribution in [2.45, 2.75) is 37.5 Å². The van der Waals surface area contributed by atoms with Gasteiger partial charge in [-0.05, 0) is 49.2 Å². The lowest BCUT2D eigenvalue weighted by Gasteiger charge is -2.42. The predicted molar refractivity (Wildman–Crippen MR) is 119 cm³/mol. The number of likely N-dealkylation sites (N-methyl/N-ethyl adjacent to an activating group) is 1. The van der Waals surface area contributed by atoms with E-state index in [0.29, 0.717) is 29.8 Å². The normalized spacial score (nSPS) is 22.2. The SMILES string of the molecule is CNC(=O)C[C@H]1CC[C@@H]2[C@@H](COc3ccc(NC(=O)c4cccc(F)c4)cc3C(=O)N2C)O1. The van der Waals surface area contributed by atoms with Gasteiger partial charge in [0.2, 0.25) is 5.91 Å². The maximum absolute atomic E-state index is 13.4. The summed E-state index contributed by atoms with van der Waals surface area (Å²) in [6.45, 7) is 0.231. The summed E-state index contributed by atoms with van der Waals surface area (Å²) in [6.07, 6.45) is 1.02. The Labute approximate surface area is 191 Å². The Morgan fingerprint density at radius 1 is 1.18 bits per heavy atom. The third kappa shape index (κ3) is 4.98. The molecule has 33 heavy (non-hydrogen) atoms. The van der Waals surface area contributed by atoms with E-state index in [4.69, 9.17) is 9.47 Å². The second kappa shape index (κ2) is 9.58. The molecule has 1 saturated heterocycles. The van der Waals surface area contributed by atoms with E-state index in [1.54, 1.807) is 37.2 Å². The molecule has 0 saturated carbocycles. The summed E-state index contributed by atoms with van der Waals surface area (Å²) in [5.74, 6) is -0.952. The lowest BCUT2D eigenvalue weighted by atomic mass is 9.94.